The van der Waals surface area contributed by atoms with Gasteiger partial charge in [-0.3, -0.25) is 32.5 Å². The monoisotopic (exact) mass is 1790 g/mol. The van der Waals surface area contributed by atoms with E-state index in [9.17, 15) is 43.5 Å². The van der Waals surface area contributed by atoms with Gasteiger partial charge < -0.3 is 34.2 Å². The molecule has 16 nitrogen and oxygen atoms in total. The summed E-state index contributed by atoms with van der Waals surface area (Å²) in [4.78, 5) is 59.2. The van der Waals surface area contributed by atoms with E-state index in [0.29, 0.717) is 19.3 Å². The van der Waals surface area contributed by atoms with Gasteiger partial charge in [0, 0.05) is 19.3 Å². The molecule has 0 amide bonds. The smallest absolute Gasteiger partial charge is 0.463 e. The van der Waals surface area contributed by atoms with Gasteiger partial charge in [-0.25, -0.2) is 9.13 Å². The molecule has 0 aromatic rings. The molecular formula is C107H186O16P2. The van der Waals surface area contributed by atoms with Crippen molar-refractivity contribution in [3.05, 3.63) is 158 Å². The maximum Gasteiger partial charge on any atom is 0.472 e. The number of ether oxygens (including phenoxy) is 3. The second-order valence-electron chi connectivity index (χ2n) is 33.9. The van der Waals surface area contributed by atoms with Gasteiger partial charge in [-0.05, 0) is 154 Å². The van der Waals surface area contributed by atoms with Crippen LogP contribution in [0.5, 0.6) is 0 Å². The fourth-order valence-electron chi connectivity index (χ4n) is 14.0. The number of hydrogen-bond acceptors (Lipinski definition) is 14. The van der Waals surface area contributed by atoms with Crippen molar-refractivity contribution in [1.82, 2.24) is 0 Å². The van der Waals surface area contributed by atoms with E-state index in [2.05, 4.69) is 179 Å². The average Bonchev–Trinajstić information content (AvgIpc) is 0.906. The lowest BCUT2D eigenvalue weighted by molar-refractivity contribution is -0.161. The summed E-state index contributed by atoms with van der Waals surface area (Å²) < 4.78 is 61.7. The van der Waals surface area contributed by atoms with Crippen LogP contribution in [0.25, 0.3) is 0 Å². The third-order valence-corrected chi connectivity index (χ3v) is 23.6. The molecule has 0 spiro atoms. The van der Waals surface area contributed by atoms with E-state index < -0.39 is 91.5 Å². The van der Waals surface area contributed by atoms with Crippen molar-refractivity contribution in [3.63, 3.8) is 0 Å². The molecule has 18 heteroatoms. The standard InChI is InChI=1S/C107H186O16P2/c1-4-7-10-13-16-19-22-25-28-31-34-37-40-43-46-47-48-49-50-51-52-53-56-58-60-63-66-69-72-75-78-81-84-87-90-93-105(110)117-96-102(108)97-119-124(113,114)120-98-103(109)99-121-125(115,116)122-101-104(123-107(112)95-92-89-86-83-80-77-74-71-68-65-62-59-55-45-42-39-36-33-30-27-24-21-18-15-12-9-6-3)100-118-106(111)94-91-88-85-82-79-76-73-70-67-64-61-57-54-44-41-38-35-32-29-26-23-20-17-14-11-8-5-2/h7,10,16-21,25-30,34-39,43-46,54-55,102-104,108-109H,4-6,8-9,11-15,22-24,31-33,40-42,47-53,56-101H2,1-3H3,(H,113,114)(H,115,116)/b10-7-,19-16-,20-17-,21-18-,28-25-,29-26-,30-27-,37-34-,38-35-,39-36-,46-43-,54-44-,55-45-. The van der Waals surface area contributed by atoms with Gasteiger partial charge in [0.2, 0.25) is 0 Å². The first-order valence-electron chi connectivity index (χ1n) is 50.8. The highest BCUT2D eigenvalue weighted by molar-refractivity contribution is 7.47. The molecule has 0 heterocycles. The largest absolute Gasteiger partial charge is 0.472 e. The number of rotatable bonds is 96. The van der Waals surface area contributed by atoms with Crippen LogP contribution in [0, 0.1) is 0 Å². The van der Waals surface area contributed by atoms with Crippen molar-refractivity contribution < 1.29 is 75.8 Å². The van der Waals surface area contributed by atoms with Gasteiger partial charge in [0.05, 0.1) is 26.4 Å². The van der Waals surface area contributed by atoms with Crippen LogP contribution < -0.4 is 0 Å². The van der Waals surface area contributed by atoms with Crippen molar-refractivity contribution in [3.8, 4) is 0 Å². The van der Waals surface area contributed by atoms with Crippen molar-refractivity contribution in [2.75, 3.05) is 39.6 Å². The molecular weight excluding hydrogens is 1600 g/mol. The number of unbranched alkanes of at least 4 members (excludes halogenated alkanes) is 47. The number of allylic oxidation sites excluding steroid dienone is 26. The minimum atomic E-state index is -4.95. The molecule has 5 unspecified atom stereocenters. The molecule has 0 aliphatic rings. The van der Waals surface area contributed by atoms with Crippen LogP contribution in [0.3, 0.4) is 0 Å². The fraction of sp³-hybridized carbons (Fsp3) is 0.729. The van der Waals surface area contributed by atoms with Crippen molar-refractivity contribution in [2.45, 2.75) is 463 Å². The number of aliphatic hydroxyl groups is 2. The molecule has 0 aliphatic carbocycles. The van der Waals surface area contributed by atoms with Crippen molar-refractivity contribution in [1.29, 1.82) is 0 Å². The zero-order chi connectivity index (χ0) is 90.7. The molecule has 0 saturated carbocycles. The quantitative estimate of drug-likeness (QED) is 0.0146. The van der Waals surface area contributed by atoms with Gasteiger partial charge in [-0.1, -0.05) is 429 Å². The summed E-state index contributed by atoms with van der Waals surface area (Å²) in [5.74, 6) is -1.56. The fourth-order valence-corrected chi connectivity index (χ4v) is 15.6. The number of carbonyl (C=O) groups is 3. The molecule has 0 fully saturated rings. The van der Waals surface area contributed by atoms with Crippen LogP contribution in [0.2, 0.25) is 0 Å². The van der Waals surface area contributed by atoms with E-state index in [4.69, 9.17) is 32.3 Å². The Labute approximate surface area is 765 Å². The topological polar surface area (TPSA) is 231 Å². The first-order chi connectivity index (χ1) is 61.2. The van der Waals surface area contributed by atoms with E-state index >= 15 is 0 Å². The average molecular weight is 1790 g/mol. The number of esters is 3. The van der Waals surface area contributed by atoms with Gasteiger partial charge in [0.15, 0.2) is 6.10 Å². The molecule has 720 valence electrons. The van der Waals surface area contributed by atoms with E-state index in [-0.39, 0.29) is 19.3 Å². The van der Waals surface area contributed by atoms with Crippen molar-refractivity contribution >= 4 is 33.6 Å². The second kappa shape index (κ2) is 98.2. The van der Waals surface area contributed by atoms with Crippen LogP contribution >= 0.6 is 15.6 Å². The molecule has 0 bridgehead atoms. The third kappa shape index (κ3) is 99.6. The predicted octanol–water partition coefficient (Wildman–Crippen LogP) is 32.0. The summed E-state index contributed by atoms with van der Waals surface area (Å²) in [7, 11) is -9.82. The van der Waals surface area contributed by atoms with E-state index in [1.165, 1.54) is 231 Å². The zero-order valence-corrected chi connectivity index (χ0v) is 81.5. The number of aliphatic hydroxyl groups excluding tert-OH is 2. The minimum Gasteiger partial charge on any atom is -0.463 e. The molecule has 125 heavy (non-hydrogen) atoms. The predicted molar refractivity (Wildman–Crippen MR) is 528 cm³/mol. The Morgan fingerprint density at radius 1 is 0.232 bits per heavy atom. The molecule has 0 aliphatic heterocycles. The Morgan fingerprint density at radius 2 is 0.424 bits per heavy atom. The molecule has 0 rings (SSSR count). The summed E-state index contributed by atoms with van der Waals surface area (Å²) >= 11 is 0. The highest BCUT2D eigenvalue weighted by Gasteiger charge is 2.30. The Kier molecular flexibility index (Phi) is 94.4. The molecule has 0 saturated heterocycles. The van der Waals surface area contributed by atoms with Crippen LogP contribution in [0.4, 0.5) is 0 Å². The molecule has 0 radical (unpaired) electrons. The number of phosphoric ester groups is 2. The second-order valence-corrected chi connectivity index (χ2v) is 36.8. The first-order valence-corrected chi connectivity index (χ1v) is 53.8. The van der Waals surface area contributed by atoms with Gasteiger partial charge in [0.1, 0.15) is 25.4 Å². The lowest BCUT2D eigenvalue weighted by Gasteiger charge is -2.21. The van der Waals surface area contributed by atoms with Crippen LogP contribution in [0.1, 0.15) is 445 Å². The number of hydrogen-bond donors (Lipinski definition) is 4. The number of phosphoric acid groups is 2. The van der Waals surface area contributed by atoms with Gasteiger partial charge >= 0.3 is 33.6 Å². The maximum absolute atomic E-state index is 13.1. The Balaban J connectivity index is 4.57. The molecule has 0 aromatic carbocycles. The molecule has 5 atom stereocenters. The Morgan fingerprint density at radius 3 is 0.672 bits per heavy atom. The first kappa shape index (κ1) is 120. The van der Waals surface area contributed by atoms with Gasteiger partial charge in [-0.2, -0.15) is 0 Å². The Hall–Kier alpha value is -4.83. The molecule has 0 aromatic heterocycles. The van der Waals surface area contributed by atoms with E-state index in [1.54, 1.807) is 0 Å². The SMILES string of the molecule is CC/C=C\C/C=C\C/C=C\C/C=C\C/C=C\CCCCCCCCCCCCCCCCCCCCCC(=O)OCC(O)COP(=O)(O)OCC(O)COP(=O)(O)OCC(COC(=O)CCCCCCCCCCCCC/C=C\C/C=C\C/C=C\C/C=C\CCCCC)OC(=O)CCCCCCCCCCCCC/C=C\C/C=C\C/C=C\C/C=C\CCCCC. The normalized spacial score (nSPS) is 14.3. The highest BCUT2D eigenvalue weighted by Crippen LogP contribution is 2.45. The summed E-state index contributed by atoms with van der Waals surface area (Å²) in [6.07, 6.45) is 127. The third-order valence-electron chi connectivity index (χ3n) is 21.7. The zero-order valence-electron chi connectivity index (χ0n) is 79.7. The number of carbonyl (C=O) groups excluding carboxylic acids is 3. The lowest BCUT2D eigenvalue weighted by Crippen LogP contribution is -2.30. The Bertz CT molecular complexity index is 2900. The van der Waals surface area contributed by atoms with Crippen molar-refractivity contribution in [2.24, 2.45) is 0 Å². The maximum atomic E-state index is 13.1. The van der Waals surface area contributed by atoms with E-state index in [1.807, 2.05) is 0 Å². The van der Waals surface area contributed by atoms with Crippen LogP contribution in [0.15, 0.2) is 158 Å². The van der Waals surface area contributed by atoms with Gasteiger partial charge in [0.25, 0.3) is 0 Å². The summed E-state index contributed by atoms with van der Waals surface area (Å²) in [5, 5.41) is 20.8. The molecule has 4 N–H and O–H groups in total. The van der Waals surface area contributed by atoms with E-state index in [0.717, 1.165) is 154 Å². The van der Waals surface area contributed by atoms with Crippen LogP contribution in [-0.2, 0) is 55.8 Å². The highest BCUT2D eigenvalue weighted by atomic mass is 31.2. The summed E-state index contributed by atoms with van der Waals surface area (Å²) in [6, 6.07) is 0. The minimum absolute atomic E-state index is 0.0979. The summed E-state index contributed by atoms with van der Waals surface area (Å²) in [6.45, 7) is 2.59. The lowest BCUT2D eigenvalue weighted by atomic mass is 10.0. The van der Waals surface area contributed by atoms with Crippen LogP contribution in [-0.4, -0.2) is 95.9 Å². The van der Waals surface area contributed by atoms with Gasteiger partial charge in [-0.15, -0.1) is 0 Å². The summed E-state index contributed by atoms with van der Waals surface area (Å²) in [5.41, 5.74) is 0.